The zero-order valence-corrected chi connectivity index (χ0v) is 20.0. The summed E-state index contributed by atoms with van der Waals surface area (Å²) < 4.78 is 0. The van der Waals surface area contributed by atoms with Crippen LogP contribution in [-0.4, -0.2) is 57.2 Å². The molecule has 2 unspecified atom stereocenters. The monoisotopic (exact) mass is 458 g/mol. The Morgan fingerprint density at radius 2 is 1.79 bits per heavy atom. The number of nitrogens with one attached hydrogen (secondary N) is 2. The van der Waals surface area contributed by atoms with Gasteiger partial charge in [0.05, 0.1) is 6.04 Å². The number of carbonyl (C=O) groups excluding carboxylic acids is 3. The largest absolute Gasteiger partial charge is 0.356 e. The zero-order chi connectivity index (χ0) is 24.2. The number of H-pyrrole nitrogens is 1. The molecule has 2 aromatic carbocycles. The molecule has 3 aromatic rings. The lowest BCUT2D eigenvalue weighted by molar-refractivity contribution is -0.159. The van der Waals surface area contributed by atoms with Crippen LogP contribution in [0.3, 0.4) is 0 Å². The van der Waals surface area contributed by atoms with E-state index in [4.69, 9.17) is 0 Å². The third kappa shape index (κ3) is 3.85. The highest BCUT2D eigenvalue weighted by Crippen LogP contribution is 2.42. The first-order valence-corrected chi connectivity index (χ1v) is 11.7. The molecule has 3 heterocycles. The van der Waals surface area contributed by atoms with Crippen LogP contribution in [0.25, 0.3) is 10.9 Å². The Balaban J connectivity index is 1.56. The molecule has 1 saturated heterocycles. The van der Waals surface area contributed by atoms with Crippen molar-refractivity contribution in [3.63, 3.8) is 0 Å². The average Bonchev–Trinajstić information content (AvgIpc) is 3.14. The van der Waals surface area contributed by atoms with Gasteiger partial charge in [0, 0.05) is 28.6 Å². The number of aromatic amines is 1. The van der Waals surface area contributed by atoms with Crippen molar-refractivity contribution < 1.29 is 14.4 Å². The fourth-order valence-electron chi connectivity index (χ4n) is 5.18. The molecule has 7 nitrogen and oxygen atoms in total. The van der Waals surface area contributed by atoms with Crippen LogP contribution < -0.4 is 5.32 Å². The topological polar surface area (TPSA) is 85.5 Å². The van der Waals surface area contributed by atoms with Gasteiger partial charge in [-0.3, -0.25) is 14.4 Å². The maximum absolute atomic E-state index is 13.6. The highest BCUT2D eigenvalue weighted by molar-refractivity contribution is 5.99. The second-order valence-electron chi connectivity index (χ2n) is 10.4. The van der Waals surface area contributed by atoms with E-state index in [-0.39, 0.29) is 36.9 Å². The SMILES string of the molecule is Cc1ccc(C2c3[nH]c4ccccc4c3CC3C(=O)N(CC(=O)NC(C)(C)C)CC(=O)N32)cc1. The number of nitrogens with zero attached hydrogens (tertiary/aromatic N) is 2. The molecule has 5 rings (SSSR count). The van der Waals surface area contributed by atoms with Crippen molar-refractivity contribution in [2.24, 2.45) is 0 Å². The van der Waals surface area contributed by atoms with Gasteiger partial charge in [-0.05, 0) is 44.9 Å². The average molecular weight is 459 g/mol. The first-order valence-electron chi connectivity index (χ1n) is 11.7. The van der Waals surface area contributed by atoms with Gasteiger partial charge in [0.1, 0.15) is 19.1 Å². The summed E-state index contributed by atoms with van der Waals surface area (Å²) in [5.41, 5.74) is 4.69. The van der Waals surface area contributed by atoms with Crippen LogP contribution in [0.4, 0.5) is 0 Å². The van der Waals surface area contributed by atoms with Crippen LogP contribution in [0, 0.1) is 6.92 Å². The molecule has 2 aliphatic heterocycles. The molecule has 34 heavy (non-hydrogen) atoms. The molecule has 0 aliphatic carbocycles. The van der Waals surface area contributed by atoms with E-state index in [9.17, 15) is 14.4 Å². The van der Waals surface area contributed by atoms with Crippen molar-refractivity contribution in [3.8, 4) is 0 Å². The van der Waals surface area contributed by atoms with E-state index >= 15 is 0 Å². The van der Waals surface area contributed by atoms with Crippen molar-refractivity contribution in [1.82, 2.24) is 20.1 Å². The smallest absolute Gasteiger partial charge is 0.246 e. The number of piperazine rings is 1. The molecule has 0 bridgehead atoms. The summed E-state index contributed by atoms with van der Waals surface area (Å²) in [6.45, 7) is 7.47. The lowest BCUT2D eigenvalue weighted by Gasteiger charge is -2.47. The number of amides is 3. The first-order chi connectivity index (χ1) is 16.1. The lowest BCUT2D eigenvalue weighted by atomic mass is 9.86. The number of aryl methyl sites for hydroxylation is 1. The van der Waals surface area contributed by atoms with E-state index in [1.54, 1.807) is 4.90 Å². The lowest BCUT2D eigenvalue weighted by Crippen LogP contribution is -2.64. The van der Waals surface area contributed by atoms with Gasteiger partial charge in [0.15, 0.2) is 0 Å². The van der Waals surface area contributed by atoms with Gasteiger partial charge in [-0.15, -0.1) is 0 Å². The molecule has 3 amide bonds. The van der Waals surface area contributed by atoms with Gasteiger partial charge in [-0.1, -0.05) is 48.0 Å². The summed E-state index contributed by atoms with van der Waals surface area (Å²) >= 11 is 0. The van der Waals surface area contributed by atoms with Crippen molar-refractivity contribution in [1.29, 1.82) is 0 Å². The number of benzene rings is 2. The molecule has 0 radical (unpaired) electrons. The highest BCUT2D eigenvalue weighted by atomic mass is 16.2. The maximum Gasteiger partial charge on any atom is 0.246 e. The van der Waals surface area contributed by atoms with Crippen LogP contribution in [-0.2, 0) is 20.8 Å². The number of fused-ring (bicyclic) bond motifs is 4. The number of carbonyl (C=O) groups is 3. The fraction of sp³-hybridized carbons (Fsp3) is 0.370. The molecule has 0 saturated carbocycles. The Morgan fingerprint density at radius 3 is 2.50 bits per heavy atom. The molecule has 1 aromatic heterocycles. The second-order valence-corrected chi connectivity index (χ2v) is 10.4. The van der Waals surface area contributed by atoms with Gasteiger partial charge >= 0.3 is 0 Å². The number of para-hydroxylation sites is 1. The van der Waals surface area contributed by atoms with E-state index in [0.717, 1.165) is 33.3 Å². The molecular weight excluding hydrogens is 428 g/mol. The predicted molar refractivity (Wildman–Crippen MR) is 130 cm³/mol. The standard InChI is InChI=1S/C27H30N4O3/c1-16-9-11-17(12-10-16)25-24-19(18-7-5-6-8-20(18)28-24)13-21-26(34)30(15-23(33)31(21)25)14-22(32)29-27(2,3)4/h5-12,21,25,28H,13-15H2,1-4H3,(H,29,32). The molecule has 1 fully saturated rings. The first kappa shape index (κ1) is 22.2. The molecule has 2 N–H and O–H groups in total. The Bertz CT molecular complexity index is 1290. The van der Waals surface area contributed by atoms with E-state index in [0.29, 0.717) is 6.42 Å². The minimum absolute atomic E-state index is 0.106. The van der Waals surface area contributed by atoms with Crippen LogP contribution >= 0.6 is 0 Å². The molecule has 2 aliphatic rings. The summed E-state index contributed by atoms with van der Waals surface area (Å²) in [6.07, 6.45) is 0.420. The number of hydrogen-bond donors (Lipinski definition) is 2. The van der Waals surface area contributed by atoms with Crippen molar-refractivity contribution in [2.75, 3.05) is 13.1 Å². The third-order valence-corrected chi connectivity index (χ3v) is 6.58. The molecular formula is C27H30N4O3. The van der Waals surface area contributed by atoms with Crippen molar-refractivity contribution in [2.45, 2.75) is 51.7 Å². The Labute approximate surface area is 199 Å². The molecule has 2 atom stereocenters. The third-order valence-electron chi connectivity index (χ3n) is 6.58. The van der Waals surface area contributed by atoms with E-state index < -0.39 is 11.6 Å². The van der Waals surface area contributed by atoms with Gasteiger partial charge < -0.3 is 20.1 Å². The summed E-state index contributed by atoms with van der Waals surface area (Å²) in [7, 11) is 0. The quantitative estimate of drug-likeness (QED) is 0.633. The second kappa shape index (κ2) is 8.01. The van der Waals surface area contributed by atoms with E-state index in [1.807, 2.05) is 70.2 Å². The Hall–Kier alpha value is -3.61. The minimum Gasteiger partial charge on any atom is -0.356 e. The van der Waals surface area contributed by atoms with E-state index in [2.05, 4.69) is 16.4 Å². The predicted octanol–water partition coefficient (Wildman–Crippen LogP) is 3.08. The summed E-state index contributed by atoms with van der Waals surface area (Å²) in [5, 5.41) is 3.95. The normalized spacial score (nSPS) is 20.4. The summed E-state index contributed by atoms with van der Waals surface area (Å²) in [5.74, 6) is -0.597. The molecule has 0 spiro atoms. The zero-order valence-electron chi connectivity index (χ0n) is 20.0. The minimum atomic E-state index is -0.651. The van der Waals surface area contributed by atoms with Crippen LogP contribution in [0.15, 0.2) is 48.5 Å². The number of rotatable bonds is 3. The van der Waals surface area contributed by atoms with E-state index in [1.165, 1.54) is 4.90 Å². The van der Waals surface area contributed by atoms with Crippen LogP contribution in [0.5, 0.6) is 0 Å². The Morgan fingerprint density at radius 1 is 1.09 bits per heavy atom. The van der Waals surface area contributed by atoms with Crippen LogP contribution in [0.2, 0.25) is 0 Å². The molecule has 176 valence electrons. The van der Waals surface area contributed by atoms with Gasteiger partial charge in [0.2, 0.25) is 17.7 Å². The summed E-state index contributed by atoms with van der Waals surface area (Å²) in [4.78, 5) is 46.4. The van der Waals surface area contributed by atoms with Gasteiger partial charge in [0.25, 0.3) is 0 Å². The van der Waals surface area contributed by atoms with Gasteiger partial charge in [-0.25, -0.2) is 0 Å². The molecule has 7 heteroatoms. The van der Waals surface area contributed by atoms with Gasteiger partial charge in [-0.2, -0.15) is 0 Å². The Kier molecular flexibility index (Phi) is 5.23. The van der Waals surface area contributed by atoms with Crippen molar-refractivity contribution >= 4 is 28.6 Å². The van der Waals surface area contributed by atoms with Crippen molar-refractivity contribution in [3.05, 3.63) is 70.9 Å². The number of hydrogen-bond acceptors (Lipinski definition) is 3. The van der Waals surface area contributed by atoms with Crippen LogP contribution in [0.1, 0.15) is 49.2 Å². The maximum atomic E-state index is 13.6. The summed E-state index contributed by atoms with van der Waals surface area (Å²) in [6, 6.07) is 15.1. The highest BCUT2D eigenvalue weighted by Gasteiger charge is 2.48. The fourth-order valence-corrected chi connectivity index (χ4v) is 5.18. The number of aromatic nitrogens is 1.